The topological polar surface area (TPSA) is 58.2 Å². The lowest BCUT2D eigenvalue weighted by Gasteiger charge is -2.18. The SMILES string of the molecule is O=C1NC(=O)c2ccc(Br)cc2/C1=C/NCc1ccc(Cl)cc1. The molecular formula is C17H12BrClN2O2. The van der Waals surface area contributed by atoms with Crippen molar-refractivity contribution in [1.82, 2.24) is 10.6 Å². The summed E-state index contributed by atoms with van der Waals surface area (Å²) in [6.45, 7) is 0.547. The summed E-state index contributed by atoms with van der Waals surface area (Å²) in [6, 6.07) is 12.7. The third-order valence-electron chi connectivity index (χ3n) is 3.45. The van der Waals surface area contributed by atoms with Crippen LogP contribution in [0.4, 0.5) is 0 Å². The summed E-state index contributed by atoms with van der Waals surface area (Å²) in [6.07, 6.45) is 1.63. The van der Waals surface area contributed by atoms with Crippen LogP contribution in [0.1, 0.15) is 21.5 Å². The Morgan fingerprint density at radius 2 is 1.78 bits per heavy atom. The number of imide groups is 1. The molecule has 3 rings (SSSR count). The molecule has 1 heterocycles. The number of nitrogens with one attached hydrogen (secondary N) is 2. The van der Waals surface area contributed by atoms with Crippen LogP contribution in [-0.4, -0.2) is 11.8 Å². The Bertz CT molecular complexity index is 816. The summed E-state index contributed by atoms with van der Waals surface area (Å²) in [5.41, 5.74) is 2.55. The molecule has 0 atom stereocenters. The van der Waals surface area contributed by atoms with E-state index in [4.69, 9.17) is 11.6 Å². The molecule has 0 fully saturated rings. The van der Waals surface area contributed by atoms with Gasteiger partial charge in [0.15, 0.2) is 0 Å². The Balaban J connectivity index is 1.85. The van der Waals surface area contributed by atoms with Gasteiger partial charge in [-0.05, 0) is 35.9 Å². The standard InChI is InChI=1S/C17H12BrClN2O2/c18-11-3-6-13-14(7-11)15(17(23)21-16(13)22)9-20-8-10-1-4-12(19)5-2-10/h1-7,9,20H,8H2,(H,21,22,23)/b15-9-. The number of hydrogen-bond donors (Lipinski definition) is 2. The van der Waals surface area contributed by atoms with E-state index in [1.165, 1.54) is 0 Å². The largest absolute Gasteiger partial charge is 0.386 e. The summed E-state index contributed by atoms with van der Waals surface area (Å²) in [5.74, 6) is -0.795. The summed E-state index contributed by atoms with van der Waals surface area (Å²) < 4.78 is 0.808. The van der Waals surface area contributed by atoms with Crippen molar-refractivity contribution < 1.29 is 9.59 Å². The zero-order valence-corrected chi connectivity index (χ0v) is 14.2. The van der Waals surface area contributed by atoms with Gasteiger partial charge in [-0.2, -0.15) is 0 Å². The lowest BCUT2D eigenvalue weighted by Crippen LogP contribution is -2.37. The molecule has 0 unspecified atom stereocenters. The van der Waals surface area contributed by atoms with E-state index in [2.05, 4.69) is 26.6 Å². The second kappa shape index (κ2) is 6.56. The third-order valence-corrected chi connectivity index (χ3v) is 4.20. The van der Waals surface area contributed by atoms with E-state index < -0.39 is 5.91 Å². The number of rotatable bonds is 3. The molecule has 2 aromatic rings. The van der Waals surface area contributed by atoms with Crippen molar-refractivity contribution in [2.75, 3.05) is 0 Å². The van der Waals surface area contributed by atoms with Gasteiger partial charge in [-0.15, -0.1) is 0 Å². The minimum absolute atomic E-state index is 0.382. The van der Waals surface area contributed by atoms with Gasteiger partial charge in [-0.3, -0.25) is 14.9 Å². The highest BCUT2D eigenvalue weighted by Crippen LogP contribution is 2.26. The maximum Gasteiger partial charge on any atom is 0.260 e. The van der Waals surface area contributed by atoms with Crippen molar-refractivity contribution in [3.8, 4) is 0 Å². The number of hydrogen-bond acceptors (Lipinski definition) is 3. The van der Waals surface area contributed by atoms with Crippen LogP contribution < -0.4 is 10.6 Å². The van der Waals surface area contributed by atoms with Crippen LogP contribution >= 0.6 is 27.5 Å². The minimum Gasteiger partial charge on any atom is -0.386 e. The maximum absolute atomic E-state index is 12.1. The second-order valence-corrected chi connectivity index (χ2v) is 6.39. The number of halogens is 2. The molecule has 1 aliphatic heterocycles. The molecule has 0 bridgehead atoms. The molecule has 23 heavy (non-hydrogen) atoms. The summed E-state index contributed by atoms with van der Waals surface area (Å²) in [5, 5.41) is 6.12. The molecule has 2 aromatic carbocycles. The maximum atomic E-state index is 12.1. The number of benzene rings is 2. The fourth-order valence-corrected chi connectivity index (χ4v) is 2.80. The first kappa shape index (κ1) is 15.8. The number of amides is 2. The van der Waals surface area contributed by atoms with Gasteiger partial charge in [0.1, 0.15) is 0 Å². The molecule has 0 saturated carbocycles. The summed E-state index contributed by atoms with van der Waals surface area (Å²) in [4.78, 5) is 24.0. The van der Waals surface area contributed by atoms with Crippen LogP contribution in [0, 0.1) is 0 Å². The Hall–Kier alpha value is -2.11. The monoisotopic (exact) mass is 390 g/mol. The van der Waals surface area contributed by atoms with Crippen molar-refractivity contribution >= 4 is 44.9 Å². The summed E-state index contributed by atoms with van der Waals surface area (Å²) >= 11 is 9.22. The van der Waals surface area contributed by atoms with Crippen LogP contribution in [0.15, 0.2) is 53.1 Å². The van der Waals surface area contributed by atoms with E-state index in [0.717, 1.165) is 10.0 Å². The quantitative estimate of drug-likeness (QED) is 0.622. The zero-order chi connectivity index (χ0) is 16.4. The van der Waals surface area contributed by atoms with Crippen molar-refractivity contribution in [3.05, 3.63) is 74.9 Å². The Labute approximate surface area is 146 Å². The molecule has 0 aromatic heterocycles. The number of carbonyl (C=O) groups excluding carboxylic acids is 2. The van der Waals surface area contributed by atoms with Gasteiger partial charge in [0, 0.05) is 33.4 Å². The fourth-order valence-electron chi connectivity index (χ4n) is 2.31. The normalized spacial score (nSPS) is 15.3. The Morgan fingerprint density at radius 1 is 1.04 bits per heavy atom. The Morgan fingerprint density at radius 3 is 2.52 bits per heavy atom. The van der Waals surface area contributed by atoms with Crippen molar-refractivity contribution in [2.24, 2.45) is 0 Å². The highest BCUT2D eigenvalue weighted by Gasteiger charge is 2.27. The molecule has 0 spiro atoms. The van der Waals surface area contributed by atoms with Gasteiger partial charge in [-0.1, -0.05) is 39.7 Å². The lowest BCUT2D eigenvalue weighted by atomic mass is 9.95. The number of fused-ring (bicyclic) bond motifs is 1. The van der Waals surface area contributed by atoms with Gasteiger partial charge >= 0.3 is 0 Å². The van der Waals surface area contributed by atoms with Crippen molar-refractivity contribution in [1.29, 1.82) is 0 Å². The van der Waals surface area contributed by atoms with E-state index in [9.17, 15) is 9.59 Å². The second-order valence-electron chi connectivity index (χ2n) is 5.04. The predicted octanol–water partition coefficient (Wildman–Crippen LogP) is 3.50. The van der Waals surface area contributed by atoms with Crippen molar-refractivity contribution in [3.63, 3.8) is 0 Å². The van der Waals surface area contributed by atoms with Crippen LogP contribution in [0.3, 0.4) is 0 Å². The molecule has 0 saturated heterocycles. The van der Waals surface area contributed by atoms with Crippen LogP contribution in [0.25, 0.3) is 5.57 Å². The predicted molar refractivity (Wildman–Crippen MR) is 92.9 cm³/mol. The van der Waals surface area contributed by atoms with Gasteiger partial charge in [0.25, 0.3) is 11.8 Å². The first-order valence-electron chi connectivity index (χ1n) is 6.88. The van der Waals surface area contributed by atoms with Gasteiger partial charge in [-0.25, -0.2) is 0 Å². The number of carbonyl (C=O) groups is 2. The third kappa shape index (κ3) is 3.46. The smallest absolute Gasteiger partial charge is 0.260 e. The molecule has 1 aliphatic rings. The average Bonchev–Trinajstić information content (AvgIpc) is 2.52. The Kier molecular flexibility index (Phi) is 4.50. The van der Waals surface area contributed by atoms with E-state index in [-0.39, 0.29) is 5.91 Å². The summed E-state index contributed by atoms with van der Waals surface area (Å²) in [7, 11) is 0. The molecule has 6 heteroatoms. The van der Waals surface area contributed by atoms with Gasteiger partial charge in [0.2, 0.25) is 0 Å². The molecule has 0 aliphatic carbocycles. The molecule has 2 N–H and O–H groups in total. The van der Waals surface area contributed by atoms with Crippen LogP contribution in [0.5, 0.6) is 0 Å². The molecule has 4 nitrogen and oxygen atoms in total. The average molecular weight is 392 g/mol. The lowest BCUT2D eigenvalue weighted by molar-refractivity contribution is -0.114. The zero-order valence-electron chi connectivity index (χ0n) is 11.9. The first-order chi connectivity index (χ1) is 11.0. The highest BCUT2D eigenvalue weighted by molar-refractivity contribution is 9.10. The van der Waals surface area contributed by atoms with Crippen LogP contribution in [-0.2, 0) is 11.3 Å². The van der Waals surface area contributed by atoms with E-state index in [0.29, 0.717) is 28.3 Å². The van der Waals surface area contributed by atoms with E-state index in [1.54, 1.807) is 24.4 Å². The van der Waals surface area contributed by atoms with Crippen molar-refractivity contribution in [2.45, 2.75) is 6.54 Å². The van der Waals surface area contributed by atoms with E-state index in [1.807, 2.05) is 24.3 Å². The molecule has 2 amide bonds. The highest BCUT2D eigenvalue weighted by atomic mass is 79.9. The molecule has 0 radical (unpaired) electrons. The van der Waals surface area contributed by atoms with Gasteiger partial charge in [0.05, 0.1) is 5.57 Å². The minimum atomic E-state index is -0.413. The van der Waals surface area contributed by atoms with Crippen LogP contribution in [0.2, 0.25) is 5.02 Å². The molecular weight excluding hydrogens is 380 g/mol. The van der Waals surface area contributed by atoms with E-state index >= 15 is 0 Å². The fraction of sp³-hybridized carbons (Fsp3) is 0.0588. The molecule has 116 valence electrons. The van der Waals surface area contributed by atoms with Gasteiger partial charge < -0.3 is 5.32 Å². The first-order valence-corrected chi connectivity index (χ1v) is 8.05.